The van der Waals surface area contributed by atoms with Crippen molar-refractivity contribution >= 4 is 23.9 Å². The van der Waals surface area contributed by atoms with Crippen LogP contribution in [-0.2, 0) is 38.1 Å². The molecule has 2 saturated carbocycles. The lowest BCUT2D eigenvalue weighted by Gasteiger charge is -2.32. The highest BCUT2D eigenvalue weighted by molar-refractivity contribution is 6.03. The molecule has 3 rings (SSSR count). The molecule has 32 heavy (non-hydrogen) atoms. The van der Waals surface area contributed by atoms with Gasteiger partial charge in [-0.2, -0.15) is 26.3 Å². The van der Waals surface area contributed by atoms with Crippen molar-refractivity contribution in [3.63, 3.8) is 0 Å². The lowest BCUT2D eigenvalue weighted by molar-refractivity contribution is -0.315. The van der Waals surface area contributed by atoms with Crippen LogP contribution in [0.15, 0.2) is 12.2 Å². The smallest absolute Gasteiger partial charge is 0.434 e. The van der Waals surface area contributed by atoms with Crippen molar-refractivity contribution in [3.8, 4) is 0 Å². The summed E-state index contributed by atoms with van der Waals surface area (Å²) >= 11 is 0. The third-order valence-electron chi connectivity index (χ3n) is 5.69. The SMILES string of the molecule is C=C(C)C(=O)OCC(=O)OC1C2CC3C1OC(=O)C3(C(=O)OC(C(F)(F)F)C(F)(F)F)C2. The number of carbonyl (C=O) groups excluding carboxylic acids is 4. The Bertz CT molecular complexity index is 851. The molecule has 3 aliphatic rings. The second-order valence-corrected chi connectivity index (χ2v) is 7.83. The average molecular weight is 474 g/mol. The normalized spacial score (nSPS) is 30.8. The largest absolute Gasteiger partial charge is 0.457 e. The Balaban J connectivity index is 1.71. The maximum atomic E-state index is 12.8. The summed E-state index contributed by atoms with van der Waals surface area (Å²) in [7, 11) is 0. The Hall–Kier alpha value is -2.80. The number of hydrogen-bond acceptors (Lipinski definition) is 8. The second-order valence-electron chi connectivity index (χ2n) is 7.83. The van der Waals surface area contributed by atoms with Gasteiger partial charge in [-0.1, -0.05) is 6.58 Å². The summed E-state index contributed by atoms with van der Waals surface area (Å²) in [5, 5.41) is 0. The molecule has 0 radical (unpaired) electrons. The van der Waals surface area contributed by atoms with Crippen molar-refractivity contribution in [2.45, 2.75) is 50.4 Å². The number of fused-ring (bicyclic) bond motifs is 1. The van der Waals surface area contributed by atoms with Crippen LogP contribution in [0.5, 0.6) is 0 Å². The van der Waals surface area contributed by atoms with Gasteiger partial charge in [0.15, 0.2) is 12.0 Å². The van der Waals surface area contributed by atoms with Gasteiger partial charge in [0, 0.05) is 17.4 Å². The summed E-state index contributed by atoms with van der Waals surface area (Å²) in [4.78, 5) is 48.0. The van der Waals surface area contributed by atoms with Crippen LogP contribution in [0.3, 0.4) is 0 Å². The molecule has 3 fully saturated rings. The fourth-order valence-electron chi connectivity index (χ4n) is 4.40. The first-order valence-corrected chi connectivity index (χ1v) is 9.16. The lowest BCUT2D eigenvalue weighted by Crippen LogP contribution is -2.51. The zero-order chi connectivity index (χ0) is 24.2. The molecule has 14 heteroatoms. The van der Waals surface area contributed by atoms with E-state index in [1.807, 2.05) is 0 Å². The van der Waals surface area contributed by atoms with Crippen LogP contribution in [0.25, 0.3) is 0 Å². The molecule has 0 aromatic carbocycles. The number of esters is 4. The Morgan fingerprint density at radius 2 is 1.78 bits per heavy atom. The molecule has 2 aliphatic carbocycles. The molecule has 2 bridgehead atoms. The predicted octanol–water partition coefficient (Wildman–Crippen LogP) is 2.01. The zero-order valence-electron chi connectivity index (χ0n) is 16.2. The van der Waals surface area contributed by atoms with E-state index < -0.39 is 84.8 Å². The summed E-state index contributed by atoms with van der Waals surface area (Å²) < 4.78 is 95.0. The van der Waals surface area contributed by atoms with Crippen LogP contribution in [0.1, 0.15) is 19.8 Å². The molecule has 0 spiro atoms. The van der Waals surface area contributed by atoms with E-state index in [2.05, 4.69) is 16.1 Å². The fourth-order valence-corrected chi connectivity index (χ4v) is 4.40. The van der Waals surface area contributed by atoms with Crippen LogP contribution in [0, 0.1) is 17.3 Å². The number of carbonyl (C=O) groups is 4. The molecule has 0 amide bonds. The van der Waals surface area contributed by atoms with Gasteiger partial charge in [-0.15, -0.1) is 0 Å². The minimum Gasteiger partial charge on any atom is -0.457 e. The van der Waals surface area contributed by atoms with Crippen molar-refractivity contribution in [2.75, 3.05) is 6.61 Å². The van der Waals surface area contributed by atoms with E-state index in [1.54, 1.807) is 0 Å². The summed E-state index contributed by atoms with van der Waals surface area (Å²) in [6, 6.07) is 0. The number of hydrogen-bond donors (Lipinski definition) is 0. The topological polar surface area (TPSA) is 105 Å². The highest BCUT2D eigenvalue weighted by Gasteiger charge is 2.76. The molecular formula is C18H16F6O8. The van der Waals surface area contributed by atoms with E-state index in [9.17, 15) is 45.5 Å². The summed E-state index contributed by atoms with van der Waals surface area (Å²) in [6.45, 7) is 3.85. The maximum Gasteiger partial charge on any atom is 0.434 e. The van der Waals surface area contributed by atoms with E-state index in [0.29, 0.717) is 0 Å². The van der Waals surface area contributed by atoms with Gasteiger partial charge in [-0.3, -0.25) is 9.59 Å². The molecule has 0 aromatic rings. The Morgan fingerprint density at radius 3 is 2.31 bits per heavy atom. The molecule has 5 unspecified atom stereocenters. The molecule has 1 heterocycles. The van der Waals surface area contributed by atoms with E-state index in [0.717, 1.165) is 0 Å². The first kappa shape index (κ1) is 23.9. The average Bonchev–Trinajstić information content (AvgIpc) is 3.24. The molecule has 1 saturated heterocycles. The van der Waals surface area contributed by atoms with Crippen molar-refractivity contribution in [1.82, 2.24) is 0 Å². The standard InChI is InChI=1S/C18H16F6O8/c1-6(2)12(26)29-5-9(25)30-10-7-3-8-11(10)31-14(27)16(8,4-7)15(28)32-13(17(19,20)21)18(22,23)24/h7-8,10-11,13H,1,3-5H2,2H3. The number of alkyl halides is 6. The fraction of sp³-hybridized carbons (Fsp3) is 0.667. The Kier molecular flexibility index (Phi) is 5.71. The van der Waals surface area contributed by atoms with Crippen molar-refractivity contribution in [3.05, 3.63) is 12.2 Å². The van der Waals surface area contributed by atoms with Crippen molar-refractivity contribution < 1.29 is 64.5 Å². The van der Waals surface area contributed by atoms with Gasteiger partial charge in [-0.05, 0) is 19.8 Å². The van der Waals surface area contributed by atoms with Crippen molar-refractivity contribution in [2.24, 2.45) is 17.3 Å². The van der Waals surface area contributed by atoms with Crippen LogP contribution in [-0.4, -0.2) is 61.1 Å². The molecule has 8 nitrogen and oxygen atoms in total. The van der Waals surface area contributed by atoms with Gasteiger partial charge in [0.2, 0.25) is 0 Å². The predicted molar refractivity (Wildman–Crippen MR) is 86.2 cm³/mol. The monoisotopic (exact) mass is 474 g/mol. The third kappa shape index (κ3) is 3.90. The minimum atomic E-state index is -5.94. The summed E-state index contributed by atoms with van der Waals surface area (Å²) in [5.74, 6) is -7.12. The molecule has 0 aromatic heterocycles. The Labute approximate surface area is 175 Å². The number of rotatable bonds is 6. The van der Waals surface area contributed by atoms with Crippen molar-refractivity contribution in [1.29, 1.82) is 0 Å². The van der Waals surface area contributed by atoms with Crippen LogP contribution in [0.2, 0.25) is 0 Å². The lowest BCUT2D eigenvalue weighted by atomic mass is 9.73. The first-order valence-electron chi connectivity index (χ1n) is 9.16. The highest BCUT2D eigenvalue weighted by atomic mass is 19.4. The first-order chi connectivity index (χ1) is 14.6. The number of ether oxygens (including phenoxy) is 4. The van der Waals surface area contributed by atoms with Gasteiger partial charge in [0.05, 0.1) is 0 Å². The van der Waals surface area contributed by atoms with Gasteiger partial charge >= 0.3 is 36.2 Å². The molecule has 5 atom stereocenters. The maximum absolute atomic E-state index is 12.8. The number of halogens is 6. The molecule has 0 N–H and O–H groups in total. The summed E-state index contributed by atoms with van der Waals surface area (Å²) in [5.41, 5.74) is -2.33. The van der Waals surface area contributed by atoms with E-state index in [-0.39, 0.29) is 12.0 Å². The van der Waals surface area contributed by atoms with Gasteiger partial charge < -0.3 is 18.9 Å². The Morgan fingerprint density at radius 1 is 1.19 bits per heavy atom. The third-order valence-corrected chi connectivity index (χ3v) is 5.69. The minimum absolute atomic E-state index is 0.0155. The van der Waals surface area contributed by atoms with Gasteiger partial charge in [-0.25, -0.2) is 9.59 Å². The zero-order valence-corrected chi connectivity index (χ0v) is 16.2. The quantitative estimate of drug-likeness (QED) is 0.189. The van der Waals surface area contributed by atoms with Gasteiger partial charge in [0.1, 0.15) is 12.2 Å². The van der Waals surface area contributed by atoms with E-state index in [1.165, 1.54) is 6.92 Å². The van der Waals surface area contributed by atoms with E-state index >= 15 is 0 Å². The van der Waals surface area contributed by atoms with Crippen LogP contribution in [0.4, 0.5) is 26.3 Å². The van der Waals surface area contributed by atoms with Crippen LogP contribution < -0.4 is 0 Å². The molecule has 1 aliphatic heterocycles. The second kappa shape index (κ2) is 7.66. The van der Waals surface area contributed by atoms with Crippen LogP contribution >= 0.6 is 0 Å². The van der Waals surface area contributed by atoms with Gasteiger partial charge in [0.25, 0.3) is 6.10 Å². The van der Waals surface area contributed by atoms with E-state index in [4.69, 9.17) is 9.47 Å². The summed E-state index contributed by atoms with van der Waals surface area (Å²) in [6.07, 6.45) is -19.2. The molecule has 178 valence electrons. The highest BCUT2D eigenvalue weighted by Crippen LogP contribution is 2.63. The molecular weight excluding hydrogens is 458 g/mol.